The molecule has 0 aromatic carbocycles. The van der Waals surface area contributed by atoms with Gasteiger partial charge >= 0.3 is 5.97 Å². The van der Waals surface area contributed by atoms with Crippen LogP contribution in [0.15, 0.2) is 0 Å². The molecule has 0 aromatic heterocycles. The van der Waals surface area contributed by atoms with Crippen molar-refractivity contribution in [2.75, 3.05) is 13.2 Å². The molecule has 0 spiro atoms. The molecule has 1 N–H and O–H groups in total. The monoisotopic (exact) mass is 255 g/mol. The van der Waals surface area contributed by atoms with Crippen LogP contribution in [0.4, 0.5) is 0 Å². The third-order valence-corrected chi connectivity index (χ3v) is 4.09. The van der Waals surface area contributed by atoms with Gasteiger partial charge < -0.3 is 10.1 Å². The predicted molar refractivity (Wildman–Crippen MR) is 74.5 cm³/mol. The molecule has 1 aliphatic carbocycles. The fourth-order valence-electron chi connectivity index (χ4n) is 3.50. The van der Waals surface area contributed by atoms with Crippen LogP contribution < -0.4 is 5.32 Å². The van der Waals surface area contributed by atoms with Gasteiger partial charge in [0.1, 0.15) is 0 Å². The Bertz CT molecular complexity index is 288. The Kier molecular flexibility index (Phi) is 5.20. The van der Waals surface area contributed by atoms with E-state index in [9.17, 15) is 4.79 Å². The van der Waals surface area contributed by atoms with E-state index in [1.54, 1.807) is 0 Å². The Morgan fingerprint density at radius 2 is 2.06 bits per heavy atom. The summed E-state index contributed by atoms with van der Waals surface area (Å²) in [4.78, 5) is 11.9. The lowest BCUT2D eigenvalue weighted by atomic mass is 9.83. The van der Waals surface area contributed by atoms with Gasteiger partial charge in [-0.25, -0.2) is 0 Å². The van der Waals surface area contributed by atoms with Crippen LogP contribution in [0.2, 0.25) is 0 Å². The van der Waals surface area contributed by atoms with E-state index >= 15 is 0 Å². The molecular formula is C15H29NO2. The van der Waals surface area contributed by atoms with Gasteiger partial charge in [0.25, 0.3) is 0 Å². The minimum atomic E-state index is -0.0642. The second kappa shape index (κ2) is 6.05. The molecule has 106 valence electrons. The first-order chi connectivity index (χ1) is 8.35. The topological polar surface area (TPSA) is 38.3 Å². The summed E-state index contributed by atoms with van der Waals surface area (Å²) in [6, 6.07) is 0. The Morgan fingerprint density at radius 1 is 1.39 bits per heavy atom. The maximum absolute atomic E-state index is 11.9. The molecule has 0 aliphatic heterocycles. The molecule has 3 heteroatoms. The summed E-state index contributed by atoms with van der Waals surface area (Å²) in [5, 5.41) is 3.64. The molecule has 1 rings (SSSR count). The van der Waals surface area contributed by atoms with Crippen molar-refractivity contribution < 1.29 is 9.53 Å². The summed E-state index contributed by atoms with van der Waals surface area (Å²) in [7, 11) is 0. The lowest BCUT2D eigenvalue weighted by molar-refractivity contribution is -0.145. The summed E-state index contributed by atoms with van der Waals surface area (Å²) < 4.78 is 5.15. The zero-order valence-electron chi connectivity index (χ0n) is 12.6. The van der Waals surface area contributed by atoms with Crippen LogP contribution in [0.25, 0.3) is 0 Å². The second-order valence-corrected chi connectivity index (χ2v) is 6.51. The molecule has 0 radical (unpaired) electrons. The van der Waals surface area contributed by atoms with E-state index in [4.69, 9.17) is 4.74 Å². The maximum Gasteiger partial charge on any atom is 0.307 e. The van der Waals surface area contributed by atoms with Crippen molar-refractivity contribution >= 4 is 5.97 Å². The lowest BCUT2D eigenvalue weighted by Gasteiger charge is -2.35. The normalized spacial score (nSPS) is 30.4. The SMILES string of the molecule is CCCNC1(CC(=O)OCC)CC(C)(C)CC1C. The molecule has 0 aromatic rings. The maximum atomic E-state index is 11.9. The number of rotatable bonds is 6. The van der Waals surface area contributed by atoms with E-state index in [-0.39, 0.29) is 11.5 Å². The molecule has 1 aliphatic rings. The average Bonchev–Trinajstić information content (AvgIpc) is 2.46. The third-order valence-electron chi connectivity index (χ3n) is 4.09. The van der Waals surface area contributed by atoms with Crippen molar-refractivity contribution in [3.63, 3.8) is 0 Å². The molecule has 0 heterocycles. The van der Waals surface area contributed by atoms with Crippen molar-refractivity contribution in [1.82, 2.24) is 5.32 Å². The van der Waals surface area contributed by atoms with Gasteiger partial charge in [0.15, 0.2) is 0 Å². The van der Waals surface area contributed by atoms with Crippen LogP contribution in [-0.2, 0) is 9.53 Å². The summed E-state index contributed by atoms with van der Waals surface area (Å²) in [6.45, 7) is 12.3. The molecule has 2 atom stereocenters. The summed E-state index contributed by atoms with van der Waals surface area (Å²) in [5.41, 5.74) is 0.248. The van der Waals surface area contributed by atoms with Crippen molar-refractivity contribution in [1.29, 1.82) is 0 Å². The van der Waals surface area contributed by atoms with Crippen LogP contribution >= 0.6 is 0 Å². The molecule has 18 heavy (non-hydrogen) atoms. The lowest BCUT2D eigenvalue weighted by Crippen LogP contribution is -2.50. The van der Waals surface area contributed by atoms with Crippen molar-refractivity contribution in [3.05, 3.63) is 0 Å². The highest BCUT2D eigenvalue weighted by Gasteiger charge is 2.49. The highest BCUT2D eigenvalue weighted by Crippen LogP contribution is 2.49. The number of nitrogens with one attached hydrogen (secondary N) is 1. The van der Waals surface area contributed by atoms with Crippen molar-refractivity contribution in [3.8, 4) is 0 Å². The summed E-state index contributed by atoms with van der Waals surface area (Å²) >= 11 is 0. The highest BCUT2D eigenvalue weighted by molar-refractivity contribution is 5.71. The first kappa shape index (κ1) is 15.5. The second-order valence-electron chi connectivity index (χ2n) is 6.51. The Morgan fingerprint density at radius 3 is 2.50 bits per heavy atom. The van der Waals surface area contributed by atoms with Crippen molar-refractivity contribution in [2.24, 2.45) is 11.3 Å². The van der Waals surface area contributed by atoms with Gasteiger partial charge in [0.05, 0.1) is 13.0 Å². The zero-order valence-corrected chi connectivity index (χ0v) is 12.6. The smallest absolute Gasteiger partial charge is 0.307 e. The van der Waals surface area contributed by atoms with E-state index in [0.29, 0.717) is 24.4 Å². The predicted octanol–water partition coefficient (Wildman–Crippen LogP) is 3.13. The van der Waals surface area contributed by atoms with Gasteiger partial charge in [-0.05, 0) is 44.1 Å². The van der Waals surface area contributed by atoms with E-state index in [1.807, 2.05) is 6.92 Å². The first-order valence-corrected chi connectivity index (χ1v) is 7.26. The van der Waals surface area contributed by atoms with E-state index in [1.165, 1.54) is 6.42 Å². The van der Waals surface area contributed by atoms with Gasteiger partial charge in [0.2, 0.25) is 0 Å². The molecule has 1 fully saturated rings. The van der Waals surface area contributed by atoms with Gasteiger partial charge in [-0.1, -0.05) is 27.7 Å². The molecule has 1 saturated carbocycles. The van der Waals surface area contributed by atoms with E-state index in [0.717, 1.165) is 19.4 Å². The molecule has 0 bridgehead atoms. The summed E-state index contributed by atoms with van der Waals surface area (Å²) in [5.74, 6) is 0.453. The quantitative estimate of drug-likeness (QED) is 0.741. The fourth-order valence-corrected chi connectivity index (χ4v) is 3.50. The van der Waals surface area contributed by atoms with Crippen LogP contribution in [0, 0.1) is 11.3 Å². The molecule has 0 saturated heterocycles. The molecule has 3 nitrogen and oxygen atoms in total. The average molecular weight is 255 g/mol. The number of carbonyl (C=O) groups excluding carboxylic acids is 1. The zero-order chi connectivity index (χ0) is 13.8. The fraction of sp³-hybridized carbons (Fsp3) is 0.933. The van der Waals surface area contributed by atoms with E-state index in [2.05, 4.69) is 33.0 Å². The number of esters is 1. The minimum absolute atomic E-state index is 0.0637. The van der Waals surface area contributed by atoms with Crippen LogP contribution in [0.5, 0.6) is 0 Å². The van der Waals surface area contributed by atoms with Gasteiger partial charge in [0, 0.05) is 5.54 Å². The van der Waals surface area contributed by atoms with Crippen LogP contribution in [0.3, 0.4) is 0 Å². The standard InChI is InChI=1S/C15H29NO2/c1-6-8-16-15(10-13(17)18-7-2)11-14(4,5)9-12(15)3/h12,16H,6-11H2,1-5H3. The van der Waals surface area contributed by atoms with Gasteiger partial charge in [-0.2, -0.15) is 0 Å². The number of ether oxygens (including phenoxy) is 1. The van der Waals surface area contributed by atoms with Crippen molar-refractivity contribution in [2.45, 2.75) is 65.8 Å². The van der Waals surface area contributed by atoms with Crippen LogP contribution in [0.1, 0.15) is 60.3 Å². The van der Waals surface area contributed by atoms with E-state index < -0.39 is 0 Å². The van der Waals surface area contributed by atoms with Gasteiger partial charge in [-0.15, -0.1) is 0 Å². The highest BCUT2D eigenvalue weighted by atomic mass is 16.5. The van der Waals surface area contributed by atoms with Gasteiger partial charge in [-0.3, -0.25) is 4.79 Å². The Hall–Kier alpha value is -0.570. The van der Waals surface area contributed by atoms with Crippen LogP contribution in [-0.4, -0.2) is 24.7 Å². The largest absolute Gasteiger partial charge is 0.466 e. The first-order valence-electron chi connectivity index (χ1n) is 7.26. The third kappa shape index (κ3) is 3.71. The molecule has 0 amide bonds. The molecule has 2 unspecified atom stereocenters. The summed E-state index contributed by atoms with van der Waals surface area (Å²) in [6.07, 6.45) is 3.83. The Labute approximate surface area is 112 Å². The Balaban J connectivity index is 2.79. The minimum Gasteiger partial charge on any atom is -0.466 e. The number of carbonyl (C=O) groups is 1. The number of hydrogen-bond acceptors (Lipinski definition) is 3. The number of hydrogen-bond donors (Lipinski definition) is 1. The molecular weight excluding hydrogens is 226 g/mol.